The maximum atomic E-state index is 11.8. The third-order valence-corrected chi connectivity index (χ3v) is 3.53. The Balaban J connectivity index is 2.15. The van der Waals surface area contributed by atoms with Gasteiger partial charge in [-0.25, -0.2) is 0 Å². The Labute approximate surface area is 90.0 Å². The van der Waals surface area contributed by atoms with Crippen LogP contribution in [-0.4, -0.2) is 35.8 Å². The van der Waals surface area contributed by atoms with Gasteiger partial charge in [-0.3, -0.25) is 14.5 Å². The fourth-order valence-electron chi connectivity index (χ4n) is 2.48. The van der Waals surface area contributed by atoms with E-state index < -0.39 is 0 Å². The number of piperidine rings is 1. The van der Waals surface area contributed by atoms with E-state index in [1.165, 1.54) is 4.90 Å². The van der Waals surface area contributed by atoms with Gasteiger partial charge in [0.25, 0.3) is 0 Å². The molecule has 3 atom stereocenters. The van der Waals surface area contributed by atoms with Gasteiger partial charge in [0.15, 0.2) is 0 Å². The van der Waals surface area contributed by atoms with Crippen LogP contribution in [0.3, 0.4) is 0 Å². The van der Waals surface area contributed by atoms with E-state index in [-0.39, 0.29) is 23.8 Å². The van der Waals surface area contributed by atoms with Crippen LogP contribution in [0.2, 0.25) is 0 Å². The summed E-state index contributed by atoms with van der Waals surface area (Å²) in [6.45, 7) is 5.70. The first kappa shape index (κ1) is 10.6. The van der Waals surface area contributed by atoms with Crippen molar-refractivity contribution >= 4 is 11.8 Å². The number of imide groups is 1. The number of carbonyl (C=O) groups excluding carboxylic acids is 2. The Morgan fingerprint density at radius 3 is 2.60 bits per heavy atom. The van der Waals surface area contributed by atoms with Crippen LogP contribution in [0.1, 0.15) is 26.7 Å². The second kappa shape index (κ2) is 3.93. The number of hydrogen-bond donors (Lipinski definition) is 1. The van der Waals surface area contributed by atoms with E-state index in [9.17, 15) is 9.59 Å². The highest BCUT2D eigenvalue weighted by atomic mass is 16.2. The van der Waals surface area contributed by atoms with Gasteiger partial charge in [-0.05, 0) is 18.9 Å². The average Bonchev–Trinajstić information content (AvgIpc) is 2.43. The molecule has 2 heterocycles. The van der Waals surface area contributed by atoms with Gasteiger partial charge >= 0.3 is 0 Å². The molecule has 0 aromatic rings. The summed E-state index contributed by atoms with van der Waals surface area (Å²) < 4.78 is 0. The van der Waals surface area contributed by atoms with Crippen molar-refractivity contribution in [2.24, 2.45) is 11.8 Å². The van der Waals surface area contributed by atoms with Crippen LogP contribution in [0, 0.1) is 11.8 Å². The van der Waals surface area contributed by atoms with E-state index in [0.29, 0.717) is 12.3 Å². The van der Waals surface area contributed by atoms with E-state index >= 15 is 0 Å². The highest BCUT2D eigenvalue weighted by Gasteiger charge is 2.42. The van der Waals surface area contributed by atoms with Crippen LogP contribution < -0.4 is 5.32 Å². The minimum Gasteiger partial charge on any atom is -0.315 e. The standard InChI is InChI=1S/C11H18N2O2/c1-7-3-4-12-6-9(7)13-10(14)5-8(2)11(13)15/h7-9,12H,3-6H2,1-2H3. The first-order valence-corrected chi connectivity index (χ1v) is 5.68. The normalized spacial score (nSPS) is 37.5. The molecule has 0 aromatic carbocycles. The Bertz CT molecular complexity index is 290. The summed E-state index contributed by atoms with van der Waals surface area (Å²) in [5.41, 5.74) is 0. The fourth-order valence-corrected chi connectivity index (χ4v) is 2.48. The summed E-state index contributed by atoms with van der Waals surface area (Å²) in [7, 11) is 0. The number of nitrogens with zero attached hydrogens (tertiary/aromatic N) is 1. The van der Waals surface area contributed by atoms with Crippen molar-refractivity contribution in [2.45, 2.75) is 32.7 Å². The lowest BCUT2D eigenvalue weighted by molar-refractivity contribution is -0.143. The summed E-state index contributed by atoms with van der Waals surface area (Å²) in [4.78, 5) is 25.1. The van der Waals surface area contributed by atoms with Gasteiger partial charge in [0.2, 0.25) is 11.8 Å². The lowest BCUT2D eigenvalue weighted by Crippen LogP contribution is -2.52. The van der Waals surface area contributed by atoms with Gasteiger partial charge in [0, 0.05) is 18.9 Å². The average molecular weight is 210 g/mol. The number of carbonyl (C=O) groups is 2. The molecule has 0 radical (unpaired) electrons. The lowest BCUT2D eigenvalue weighted by Gasteiger charge is -2.35. The van der Waals surface area contributed by atoms with Crippen molar-refractivity contribution in [3.05, 3.63) is 0 Å². The van der Waals surface area contributed by atoms with Gasteiger partial charge in [-0.15, -0.1) is 0 Å². The smallest absolute Gasteiger partial charge is 0.232 e. The molecule has 2 rings (SSSR count). The van der Waals surface area contributed by atoms with Crippen molar-refractivity contribution in [2.75, 3.05) is 13.1 Å². The Morgan fingerprint density at radius 2 is 2.07 bits per heavy atom. The highest BCUT2D eigenvalue weighted by molar-refractivity contribution is 6.03. The van der Waals surface area contributed by atoms with E-state index in [1.807, 2.05) is 6.92 Å². The van der Waals surface area contributed by atoms with Crippen LogP contribution in [0.25, 0.3) is 0 Å². The SMILES string of the molecule is CC1CC(=O)N(C2CNCCC2C)C1=O. The predicted octanol–water partition coefficient (Wildman–Crippen LogP) is 0.379. The molecular weight excluding hydrogens is 192 g/mol. The molecule has 3 unspecified atom stereocenters. The lowest BCUT2D eigenvalue weighted by atomic mass is 9.93. The summed E-state index contributed by atoms with van der Waals surface area (Å²) in [5, 5.41) is 3.25. The number of likely N-dealkylation sites (tertiary alicyclic amines) is 1. The first-order chi connectivity index (χ1) is 7.11. The minimum absolute atomic E-state index is 0.00745. The van der Waals surface area contributed by atoms with Crippen molar-refractivity contribution in [3.63, 3.8) is 0 Å². The molecule has 2 fully saturated rings. The number of nitrogens with one attached hydrogen (secondary N) is 1. The van der Waals surface area contributed by atoms with Crippen LogP contribution in [0.5, 0.6) is 0 Å². The van der Waals surface area contributed by atoms with E-state index in [1.54, 1.807) is 0 Å². The molecule has 2 aliphatic heterocycles. The molecule has 15 heavy (non-hydrogen) atoms. The second-order valence-electron chi connectivity index (χ2n) is 4.74. The molecule has 2 amide bonds. The van der Waals surface area contributed by atoms with Gasteiger partial charge in [-0.1, -0.05) is 13.8 Å². The molecule has 4 heteroatoms. The zero-order valence-corrected chi connectivity index (χ0v) is 9.32. The second-order valence-corrected chi connectivity index (χ2v) is 4.74. The van der Waals surface area contributed by atoms with Crippen LogP contribution >= 0.6 is 0 Å². The first-order valence-electron chi connectivity index (χ1n) is 5.68. The summed E-state index contributed by atoms with van der Waals surface area (Å²) in [6, 6.07) is 0.0729. The Kier molecular flexibility index (Phi) is 2.78. The molecule has 0 saturated carbocycles. The summed E-state index contributed by atoms with van der Waals surface area (Å²) in [5.74, 6) is 0.324. The topological polar surface area (TPSA) is 49.4 Å². The zero-order valence-electron chi connectivity index (χ0n) is 9.32. The molecule has 2 saturated heterocycles. The van der Waals surface area contributed by atoms with Crippen molar-refractivity contribution < 1.29 is 9.59 Å². The highest BCUT2D eigenvalue weighted by Crippen LogP contribution is 2.26. The van der Waals surface area contributed by atoms with Crippen LogP contribution in [0.15, 0.2) is 0 Å². The largest absolute Gasteiger partial charge is 0.315 e. The molecule has 1 N–H and O–H groups in total. The molecule has 84 valence electrons. The number of hydrogen-bond acceptors (Lipinski definition) is 3. The van der Waals surface area contributed by atoms with Crippen molar-refractivity contribution in [3.8, 4) is 0 Å². The van der Waals surface area contributed by atoms with Gasteiger partial charge in [-0.2, -0.15) is 0 Å². The number of amides is 2. The zero-order chi connectivity index (χ0) is 11.0. The van der Waals surface area contributed by atoms with Crippen LogP contribution in [-0.2, 0) is 9.59 Å². The predicted molar refractivity (Wildman–Crippen MR) is 56.1 cm³/mol. The molecule has 0 bridgehead atoms. The third kappa shape index (κ3) is 1.78. The van der Waals surface area contributed by atoms with E-state index in [2.05, 4.69) is 12.2 Å². The Hall–Kier alpha value is -0.900. The van der Waals surface area contributed by atoms with Gasteiger partial charge in [0.05, 0.1) is 6.04 Å². The number of rotatable bonds is 1. The van der Waals surface area contributed by atoms with Gasteiger partial charge < -0.3 is 5.32 Å². The fraction of sp³-hybridized carbons (Fsp3) is 0.818. The third-order valence-electron chi connectivity index (χ3n) is 3.53. The quantitative estimate of drug-likeness (QED) is 0.636. The maximum absolute atomic E-state index is 11.8. The molecule has 0 aromatic heterocycles. The van der Waals surface area contributed by atoms with E-state index in [4.69, 9.17) is 0 Å². The molecule has 4 nitrogen and oxygen atoms in total. The molecule has 0 aliphatic carbocycles. The Morgan fingerprint density at radius 1 is 1.33 bits per heavy atom. The molecular formula is C11H18N2O2. The summed E-state index contributed by atoms with van der Waals surface area (Å²) >= 11 is 0. The van der Waals surface area contributed by atoms with Crippen molar-refractivity contribution in [1.29, 1.82) is 0 Å². The summed E-state index contributed by atoms with van der Waals surface area (Å²) in [6.07, 6.45) is 1.43. The molecule has 0 spiro atoms. The van der Waals surface area contributed by atoms with E-state index in [0.717, 1.165) is 19.5 Å². The van der Waals surface area contributed by atoms with Gasteiger partial charge in [0.1, 0.15) is 0 Å². The minimum atomic E-state index is -0.119. The van der Waals surface area contributed by atoms with Crippen LogP contribution in [0.4, 0.5) is 0 Å². The van der Waals surface area contributed by atoms with Crippen molar-refractivity contribution in [1.82, 2.24) is 10.2 Å². The monoisotopic (exact) mass is 210 g/mol. The maximum Gasteiger partial charge on any atom is 0.232 e. The molecule has 2 aliphatic rings.